The summed E-state index contributed by atoms with van der Waals surface area (Å²) in [6.07, 6.45) is 3.02. The number of carbonyl (C=O) groups is 4. The lowest BCUT2D eigenvalue weighted by atomic mass is 9.82. The van der Waals surface area contributed by atoms with E-state index in [1.54, 1.807) is 18.2 Å². The molecule has 2 aromatic rings. The molecule has 7 heteroatoms. The van der Waals surface area contributed by atoms with Crippen molar-refractivity contribution in [2.75, 3.05) is 16.8 Å². The molecule has 1 saturated heterocycles. The van der Waals surface area contributed by atoms with E-state index in [1.165, 1.54) is 22.6 Å². The highest BCUT2D eigenvalue weighted by Crippen LogP contribution is 2.55. The number of allylic oxidation sites excluding steroid dienone is 2. The molecule has 0 radical (unpaired) electrons. The maximum atomic E-state index is 13.1. The Morgan fingerprint density at radius 3 is 2.38 bits per heavy atom. The third-order valence-electron chi connectivity index (χ3n) is 7.37. The summed E-state index contributed by atoms with van der Waals surface area (Å²) in [5.74, 6) is -1.67. The van der Waals surface area contributed by atoms with Crippen molar-refractivity contribution in [2.45, 2.75) is 27.2 Å². The van der Waals surface area contributed by atoms with Crippen LogP contribution in [0.1, 0.15) is 34.8 Å². The average Bonchev–Trinajstić information content (AvgIpc) is 3.45. The first-order chi connectivity index (χ1) is 16.2. The lowest BCUT2D eigenvalue weighted by Gasteiger charge is -2.19. The molecule has 4 atom stereocenters. The SMILES string of the molecule is CC1=C[C@H]2C[C@H]1[C@@H]1C(=O)N(c3ccc(C(=O)OCC(=O)Nc4ccc(C)c(C)c4)cc3)C(=O)[C@@H]12. The molecule has 3 amide bonds. The van der Waals surface area contributed by atoms with Gasteiger partial charge in [-0.2, -0.15) is 0 Å². The van der Waals surface area contributed by atoms with Crippen LogP contribution < -0.4 is 10.2 Å². The van der Waals surface area contributed by atoms with Gasteiger partial charge < -0.3 is 10.1 Å². The number of nitrogens with one attached hydrogen (secondary N) is 1. The molecule has 7 nitrogen and oxygen atoms in total. The molecule has 174 valence electrons. The highest BCUT2D eigenvalue weighted by atomic mass is 16.5. The number of imide groups is 1. The van der Waals surface area contributed by atoms with E-state index in [2.05, 4.69) is 11.4 Å². The van der Waals surface area contributed by atoms with Crippen molar-refractivity contribution in [3.05, 3.63) is 70.8 Å². The molecular formula is C27H26N2O5. The van der Waals surface area contributed by atoms with Crippen LogP contribution in [0.15, 0.2) is 54.1 Å². The van der Waals surface area contributed by atoms with Crippen molar-refractivity contribution >= 4 is 35.1 Å². The van der Waals surface area contributed by atoms with E-state index < -0.39 is 18.5 Å². The maximum Gasteiger partial charge on any atom is 0.338 e. The number of esters is 1. The fraction of sp³-hybridized carbons (Fsp3) is 0.333. The number of benzene rings is 2. The molecule has 2 aromatic carbocycles. The fourth-order valence-corrected chi connectivity index (χ4v) is 5.51. The number of anilines is 2. The summed E-state index contributed by atoms with van der Waals surface area (Å²) in [5, 5.41) is 2.71. The smallest absolute Gasteiger partial charge is 0.338 e. The van der Waals surface area contributed by atoms with Crippen molar-refractivity contribution in [3.8, 4) is 0 Å². The molecule has 1 saturated carbocycles. The van der Waals surface area contributed by atoms with Crippen molar-refractivity contribution in [1.29, 1.82) is 0 Å². The van der Waals surface area contributed by atoms with Crippen LogP contribution in [0.5, 0.6) is 0 Å². The summed E-state index contributed by atoms with van der Waals surface area (Å²) in [6.45, 7) is 5.54. The van der Waals surface area contributed by atoms with Gasteiger partial charge in [-0.3, -0.25) is 19.3 Å². The predicted octanol–water partition coefficient (Wildman–Crippen LogP) is 3.80. The first kappa shape index (κ1) is 22.1. The molecule has 34 heavy (non-hydrogen) atoms. The Bertz CT molecular complexity index is 1250. The van der Waals surface area contributed by atoms with Crippen molar-refractivity contribution < 1.29 is 23.9 Å². The number of carbonyl (C=O) groups excluding carboxylic acids is 4. The van der Waals surface area contributed by atoms with Crippen LogP contribution in [-0.4, -0.2) is 30.3 Å². The number of fused-ring (bicyclic) bond motifs is 5. The van der Waals surface area contributed by atoms with Gasteiger partial charge in [-0.1, -0.05) is 17.7 Å². The first-order valence-corrected chi connectivity index (χ1v) is 11.4. The molecule has 1 heterocycles. The van der Waals surface area contributed by atoms with Gasteiger partial charge in [0.05, 0.1) is 23.1 Å². The largest absolute Gasteiger partial charge is 0.452 e. The van der Waals surface area contributed by atoms with Crippen LogP contribution in [0.4, 0.5) is 11.4 Å². The van der Waals surface area contributed by atoms with E-state index in [9.17, 15) is 19.2 Å². The second-order valence-corrected chi connectivity index (χ2v) is 9.45. The fourth-order valence-electron chi connectivity index (χ4n) is 5.51. The van der Waals surface area contributed by atoms with Gasteiger partial charge in [-0.15, -0.1) is 0 Å². The van der Waals surface area contributed by atoms with E-state index >= 15 is 0 Å². The predicted molar refractivity (Wildman–Crippen MR) is 126 cm³/mol. The molecular weight excluding hydrogens is 432 g/mol. The van der Waals surface area contributed by atoms with Gasteiger partial charge in [0, 0.05) is 5.69 Å². The van der Waals surface area contributed by atoms with Crippen LogP contribution in [0.3, 0.4) is 0 Å². The summed E-state index contributed by atoms with van der Waals surface area (Å²) < 4.78 is 5.13. The van der Waals surface area contributed by atoms with Gasteiger partial charge in [-0.05, 0) is 86.6 Å². The Balaban J connectivity index is 1.20. The molecule has 0 unspecified atom stereocenters. The summed E-state index contributed by atoms with van der Waals surface area (Å²) in [6, 6.07) is 11.7. The van der Waals surface area contributed by atoms with Crippen molar-refractivity contribution in [1.82, 2.24) is 0 Å². The van der Waals surface area contributed by atoms with E-state index in [1.807, 2.05) is 32.9 Å². The maximum absolute atomic E-state index is 13.1. The molecule has 2 aliphatic carbocycles. The van der Waals surface area contributed by atoms with Gasteiger partial charge in [-0.25, -0.2) is 4.79 Å². The lowest BCUT2D eigenvalue weighted by Crippen LogP contribution is -2.33. The summed E-state index contributed by atoms with van der Waals surface area (Å²) >= 11 is 0. The standard InChI is InChI=1S/C27H26N2O5/c1-14-4-7-19(11-15(14)2)28-22(30)13-34-27(33)17-5-8-20(9-6-17)29-25(31)23-18-10-16(3)21(12-18)24(23)26(29)32/h4-11,18,21,23-24H,12-13H2,1-3H3,(H,28,30)/t18-,21+,23+,24-/m0/s1. The highest BCUT2D eigenvalue weighted by molar-refractivity contribution is 6.23. The zero-order chi connectivity index (χ0) is 24.1. The quantitative estimate of drug-likeness (QED) is 0.418. The molecule has 0 aromatic heterocycles. The molecule has 2 fully saturated rings. The normalized spacial score (nSPS) is 24.8. The minimum Gasteiger partial charge on any atom is -0.452 e. The van der Waals surface area contributed by atoms with Gasteiger partial charge in [0.1, 0.15) is 0 Å². The van der Waals surface area contributed by atoms with E-state index in [0.29, 0.717) is 11.4 Å². The Hall–Kier alpha value is -3.74. The second-order valence-electron chi connectivity index (χ2n) is 9.45. The average molecular weight is 459 g/mol. The van der Waals surface area contributed by atoms with Crippen LogP contribution in [-0.2, 0) is 19.1 Å². The Morgan fingerprint density at radius 1 is 0.971 bits per heavy atom. The Labute approximate surface area is 197 Å². The minimum atomic E-state index is -0.657. The number of amides is 3. The number of hydrogen-bond acceptors (Lipinski definition) is 5. The number of hydrogen-bond donors (Lipinski definition) is 1. The molecule has 0 spiro atoms. The number of rotatable bonds is 5. The molecule has 5 rings (SSSR count). The van der Waals surface area contributed by atoms with E-state index in [0.717, 1.165) is 17.5 Å². The summed E-state index contributed by atoms with van der Waals surface area (Å²) in [5.41, 5.74) is 4.69. The Kier molecular flexibility index (Phi) is 5.35. The monoisotopic (exact) mass is 458 g/mol. The van der Waals surface area contributed by atoms with Crippen molar-refractivity contribution in [3.63, 3.8) is 0 Å². The van der Waals surface area contributed by atoms with Crippen LogP contribution in [0, 0.1) is 37.5 Å². The minimum absolute atomic E-state index is 0.140. The zero-order valence-corrected chi connectivity index (χ0v) is 19.3. The first-order valence-electron chi connectivity index (χ1n) is 11.4. The molecule has 3 aliphatic rings. The van der Waals surface area contributed by atoms with Gasteiger partial charge >= 0.3 is 5.97 Å². The number of ether oxygens (including phenoxy) is 1. The van der Waals surface area contributed by atoms with Crippen molar-refractivity contribution in [2.24, 2.45) is 23.7 Å². The highest BCUT2D eigenvalue weighted by Gasteiger charge is 2.60. The van der Waals surface area contributed by atoms with Crippen LogP contribution in [0.2, 0.25) is 0 Å². The van der Waals surface area contributed by atoms with Crippen LogP contribution >= 0.6 is 0 Å². The summed E-state index contributed by atoms with van der Waals surface area (Å²) in [7, 11) is 0. The third-order valence-corrected chi connectivity index (χ3v) is 7.37. The van der Waals surface area contributed by atoms with E-state index in [4.69, 9.17) is 4.74 Å². The zero-order valence-electron chi connectivity index (χ0n) is 19.3. The summed E-state index contributed by atoms with van der Waals surface area (Å²) in [4.78, 5) is 51.9. The van der Waals surface area contributed by atoms with Gasteiger partial charge in [0.2, 0.25) is 11.8 Å². The second kappa shape index (κ2) is 8.24. The van der Waals surface area contributed by atoms with Crippen LogP contribution in [0.25, 0.3) is 0 Å². The molecule has 2 bridgehead atoms. The van der Waals surface area contributed by atoms with Gasteiger partial charge in [0.15, 0.2) is 6.61 Å². The van der Waals surface area contributed by atoms with E-state index in [-0.39, 0.29) is 41.0 Å². The molecule has 1 aliphatic heterocycles. The third kappa shape index (κ3) is 3.61. The Morgan fingerprint density at radius 2 is 1.68 bits per heavy atom. The molecule has 1 N–H and O–H groups in total. The number of aryl methyl sites for hydroxylation is 2. The topological polar surface area (TPSA) is 92.8 Å². The number of nitrogens with zero attached hydrogens (tertiary/aromatic N) is 1. The van der Waals surface area contributed by atoms with Gasteiger partial charge in [0.25, 0.3) is 5.91 Å². The lowest BCUT2D eigenvalue weighted by molar-refractivity contribution is -0.123.